The third kappa shape index (κ3) is 3.56. The van der Waals surface area contributed by atoms with Gasteiger partial charge in [-0.15, -0.1) is 0 Å². The van der Waals surface area contributed by atoms with Crippen LogP contribution in [0.1, 0.15) is 18.9 Å². The van der Waals surface area contributed by atoms with Crippen LogP contribution in [0.2, 0.25) is 0 Å². The fourth-order valence-corrected chi connectivity index (χ4v) is 3.51. The predicted molar refractivity (Wildman–Crippen MR) is 93.0 cm³/mol. The fourth-order valence-electron chi connectivity index (χ4n) is 2.77. The van der Waals surface area contributed by atoms with E-state index in [-0.39, 0.29) is 6.16 Å². The highest BCUT2D eigenvalue weighted by molar-refractivity contribution is 7.50. The van der Waals surface area contributed by atoms with Crippen molar-refractivity contribution in [1.82, 2.24) is 0 Å². The van der Waals surface area contributed by atoms with Crippen molar-refractivity contribution in [3.8, 4) is 5.75 Å². The van der Waals surface area contributed by atoms with Crippen LogP contribution < -0.4 is 4.74 Å². The zero-order chi connectivity index (χ0) is 16.4. The highest BCUT2D eigenvalue weighted by Gasteiger charge is 2.20. The molecule has 0 atom stereocenters. The number of benzene rings is 3. The highest BCUT2D eigenvalue weighted by atomic mass is 31.2. The molecule has 0 unspecified atom stereocenters. The predicted octanol–water partition coefficient (Wildman–Crippen LogP) is 4.46. The van der Waals surface area contributed by atoms with Gasteiger partial charge < -0.3 is 14.5 Å². The normalized spacial score (nSPS) is 12.0. The van der Waals surface area contributed by atoms with Gasteiger partial charge in [0, 0.05) is 5.56 Å². The molecule has 0 aliphatic heterocycles. The maximum absolute atomic E-state index is 11.6. The molecule has 0 saturated heterocycles. The standard InChI is InChI=1S/C18H19O4P/c1-2-9-22-18-8-7-15-10-13-5-3-4-6-14(13)11-16(15)17(18)12-23(19,20)21/h3-8,10-11H,2,9,12H2,1H3,(H2,19,20,21). The Kier molecular flexibility index (Phi) is 4.40. The van der Waals surface area contributed by atoms with Crippen LogP contribution in [0, 0.1) is 0 Å². The van der Waals surface area contributed by atoms with Crippen LogP contribution in [0.25, 0.3) is 21.5 Å². The summed E-state index contributed by atoms with van der Waals surface area (Å²) in [6.07, 6.45) is 0.521. The minimum atomic E-state index is -4.19. The van der Waals surface area contributed by atoms with Crippen LogP contribution in [0.4, 0.5) is 0 Å². The van der Waals surface area contributed by atoms with Gasteiger partial charge in [0.2, 0.25) is 0 Å². The average Bonchev–Trinajstić information content (AvgIpc) is 2.51. The van der Waals surface area contributed by atoms with E-state index >= 15 is 0 Å². The van der Waals surface area contributed by atoms with Crippen molar-refractivity contribution in [2.24, 2.45) is 0 Å². The molecule has 0 bridgehead atoms. The van der Waals surface area contributed by atoms with E-state index in [9.17, 15) is 14.4 Å². The molecule has 120 valence electrons. The fraction of sp³-hybridized carbons (Fsp3) is 0.222. The molecule has 2 N–H and O–H groups in total. The molecule has 0 amide bonds. The van der Waals surface area contributed by atoms with Crippen LogP contribution in [0.5, 0.6) is 5.75 Å². The Labute approximate surface area is 134 Å². The van der Waals surface area contributed by atoms with Gasteiger partial charge in [0.15, 0.2) is 0 Å². The Morgan fingerprint density at radius 2 is 1.70 bits per heavy atom. The number of hydrogen-bond donors (Lipinski definition) is 2. The quantitative estimate of drug-likeness (QED) is 0.535. The summed E-state index contributed by atoms with van der Waals surface area (Å²) in [6, 6.07) is 15.7. The summed E-state index contributed by atoms with van der Waals surface area (Å²) in [5, 5.41) is 3.93. The van der Waals surface area contributed by atoms with Crippen molar-refractivity contribution in [2.75, 3.05) is 6.61 Å². The number of ether oxygens (including phenoxy) is 1. The Hall–Kier alpha value is -1.87. The topological polar surface area (TPSA) is 66.8 Å². The summed E-state index contributed by atoms with van der Waals surface area (Å²) in [5.41, 5.74) is 0.579. The van der Waals surface area contributed by atoms with Gasteiger partial charge in [0.25, 0.3) is 0 Å². The summed E-state index contributed by atoms with van der Waals surface area (Å²) in [6.45, 7) is 2.52. The summed E-state index contributed by atoms with van der Waals surface area (Å²) < 4.78 is 17.3. The molecule has 0 aromatic heterocycles. The monoisotopic (exact) mass is 330 g/mol. The van der Waals surface area contributed by atoms with Gasteiger partial charge >= 0.3 is 7.60 Å². The first-order chi connectivity index (χ1) is 11.0. The molecular weight excluding hydrogens is 311 g/mol. The molecule has 3 rings (SSSR count). The van der Waals surface area contributed by atoms with Gasteiger partial charge in [0.1, 0.15) is 5.75 Å². The minimum absolute atomic E-state index is 0.318. The molecule has 23 heavy (non-hydrogen) atoms. The van der Waals surface area contributed by atoms with Crippen LogP contribution >= 0.6 is 7.60 Å². The molecule has 3 aromatic rings. The smallest absolute Gasteiger partial charge is 0.330 e. The van der Waals surface area contributed by atoms with Crippen LogP contribution in [-0.2, 0) is 10.7 Å². The van der Waals surface area contributed by atoms with Crippen molar-refractivity contribution in [2.45, 2.75) is 19.5 Å². The van der Waals surface area contributed by atoms with Crippen LogP contribution in [-0.4, -0.2) is 16.4 Å². The lowest BCUT2D eigenvalue weighted by molar-refractivity contribution is 0.314. The minimum Gasteiger partial charge on any atom is -0.493 e. The molecule has 0 aliphatic carbocycles. The summed E-state index contributed by atoms with van der Waals surface area (Å²) >= 11 is 0. The molecule has 0 aliphatic rings. The van der Waals surface area contributed by atoms with Crippen molar-refractivity contribution >= 4 is 29.1 Å². The summed E-state index contributed by atoms with van der Waals surface area (Å²) in [7, 11) is -4.19. The van der Waals surface area contributed by atoms with E-state index in [0.717, 1.165) is 28.0 Å². The second-order valence-corrected chi connectivity index (χ2v) is 7.28. The molecule has 0 radical (unpaired) electrons. The number of fused-ring (bicyclic) bond motifs is 2. The molecule has 0 heterocycles. The molecule has 5 heteroatoms. The SMILES string of the molecule is CCCOc1ccc2cc3ccccc3cc2c1CP(=O)(O)O. The molecule has 0 saturated carbocycles. The molecule has 3 aromatic carbocycles. The van der Waals surface area contributed by atoms with Gasteiger partial charge in [-0.2, -0.15) is 0 Å². The average molecular weight is 330 g/mol. The number of rotatable bonds is 5. The maximum Gasteiger partial charge on any atom is 0.330 e. The number of hydrogen-bond acceptors (Lipinski definition) is 2. The Bertz CT molecular complexity index is 898. The first-order valence-corrected chi connectivity index (χ1v) is 9.39. The van der Waals surface area contributed by atoms with Crippen LogP contribution in [0.15, 0.2) is 48.5 Å². The first-order valence-electron chi connectivity index (χ1n) is 7.59. The zero-order valence-electron chi connectivity index (χ0n) is 12.9. The van der Waals surface area contributed by atoms with Crippen molar-refractivity contribution in [1.29, 1.82) is 0 Å². The lowest BCUT2D eigenvalue weighted by atomic mass is 10.00. The summed E-state index contributed by atoms with van der Waals surface area (Å²) in [5.74, 6) is 0.554. The first kappa shape index (κ1) is 16.0. The van der Waals surface area contributed by atoms with E-state index in [0.29, 0.717) is 17.9 Å². The van der Waals surface area contributed by atoms with E-state index in [4.69, 9.17) is 4.74 Å². The molecule has 0 spiro atoms. The third-order valence-corrected chi connectivity index (χ3v) is 4.51. The van der Waals surface area contributed by atoms with Crippen LogP contribution in [0.3, 0.4) is 0 Å². The van der Waals surface area contributed by atoms with Gasteiger partial charge in [-0.05, 0) is 46.2 Å². The van der Waals surface area contributed by atoms with E-state index in [1.165, 1.54) is 0 Å². The largest absolute Gasteiger partial charge is 0.493 e. The highest BCUT2D eigenvalue weighted by Crippen LogP contribution is 2.44. The van der Waals surface area contributed by atoms with E-state index < -0.39 is 7.60 Å². The van der Waals surface area contributed by atoms with Gasteiger partial charge in [-0.1, -0.05) is 37.3 Å². The second kappa shape index (κ2) is 6.32. The van der Waals surface area contributed by atoms with E-state index in [1.807, 2.05) is 49.4 Å². The van der Waals surface area contributed by atoms with Crippen molar-refractivity contribution in [3.63, 3.8) is 0 Å². The van der Waals surface area contributed by atoms with Crippen molar-refractivity contribution in [3.05, 3.63) is 54.1 Å². The molecule has 4 nitrogen and oxygen atoms in total. The Morgan fingerprint density at radius 3 is 2.35 bits per heavy atom. The Balaban J connectivity index is 2.25. The van der Waals surface area contributed by atoms with Crippen molar-refractivity contribution < 1.29 is 19.1 Å². The van der Waals surface area contributed by atoms with E-state index in [2.05, 4.69) is 0 Å². The Morgan fingerprint density at radius 1 is 1.00 bits per heavy atom. The van der Waals surface area contributed by atoms with Gasteiger partial charge in [-0.3, -0.25) is 4.57 Å². The van der Waals surface area contributed by atoms with Gasteiger partial charge in [-0.25, -0.2) is 0 Å². The lowest BCUT2D eigenvalue weighted by Gasteiger charge is -2.15. The third-order valence-electron chi connectivity index (χ3n) is 3.78. The summed E-state index contributed by atoms with van der Waals surface area (Å²) in [4.78, 5) is 18.9. The second-order valence-electron chi connectivity index (χ2n) is 5.63. The molecular formula is C18H19O4P. The lowest BCUT2D eigenvalue weighted by Crippen LogP contribution is -2.00. The van der Waals surface area contributed by atoms with Gasteiger partial charge in [0.05, 0.1) is 12.8 Å². The van der Waals surface area contributed by atoms with E-state index in [1.54, 1.807) is 6.07 Å². The maximum atomic E-state index is 11.6. The molecule has 0 fully saturated rings. The zero-order valence-corrected chi connectivity index (χ0v) is 13.8.